The van der Waals surface area contributed by atoms with Crippen LogP contribution in [0.5, 0.6) is 0 Å². The molecule has 0 N–H and O–H groups in total. The maximum atomic E-state index is 12.3. The number of aromatic nitrogens is 2. The molecule has 1 fully saturated rings. The van der Waals surface area contributed by atoms with Crippen molar-refractivity contribution in [3.05, 3.63) is 41.0 Å². The summed E-state index contributed by atoms with van der Waals surface area (Å²) < 4.78 is 34.7. The molecule has 1 amide bonds. The number of morpholine rings is 1. The number of hydrogen-bond acceptors (Lipinski definition) is 7. The highest BCUT2D eigenvalue weighted by Crippen LogP contribution is 2.16. The Kier molecular flexibility index (Phi) is 5.36. The number of carbonyl (C=O) groups excluding carboxylic acids is 1. The molecular weight excluding hydrogens is 370 g/mol. The van der Waals surface area contributed by atoms with Crippen LogP contribution in [-0.4, -0.2) is 61.4 Å². The number of sulfone groups is 1. The molecule has 2 aromatic rings. The number of rotatable bonds is 5. The predicted octanol–water partition coefficient (Wildman–Crippen LogP) is 1.21. The van der Waals surface area contributed by atoms with Crippen LogP contribution in [0.4, 0.5) is 0 Å². The van der Waals surface area contributed by atoms with Gasteiger partial charge in [0.25, 0.3) is 0 Å². The maximum Gasteiger partial charge on any atom is 0.316 e. The molecule has 0 saturated carbocycles. The fraction of sp³-hybridized carbons (Fsp3) is 0.400. The first kappa shape index (κ1) is 17.8. The number of halogens is 1. The van der Waals surface area contributed by atoms with Crippen LogP contribution in [-0.2, 0) is 21.0 Å². The van der Waals surface area contributed by atoms with Gasteiger partial charge in [-0.25, -0.2) is 8.42 Å². The first-order chi connectivity index (χ1) is 12.0. The van der Waals surface area contributed by atoms with Crippen molar-refractivity contribution in [2.75, 3.05) is 32.1 Å². The number of benzene rings is 1. The minimum atomic E-state index is -3.50. The number of nitrogens with zero attached hydrogens (tertiary/aromatic N) is 3. The van der Waals surface area contributed by atoms with E-state index in [2.05, 4.69) is 10.1 Å². The molecule has 0 spiro atoms. The Bertz CT molecular complexity index is 844. The summed E-state index contributed by atoms with van der Waals surface area (Å²) in [5.41, 5.74) is 0. The number of ether oxygens (including phenoxy) is 1. The Balaban J connectivity index is 1.63. The van der Waals surface area contributed by atoms with Crippen molar-refractivity contribution in [3.63, 3.8) is 0 Å². The fourth-order valence-electron chi connectivity index (χ4n) is 2.33. The molecule has 1 aliphatic rings. The first-order valence-corrected chi connectivity index (χ1v) is 9.67. The molecule has 1 aromatic heterocycles. The maximum absolute atomic E-state index is 12.3. The molecule has 10 heteroatoms. The van der Waals surface area contributed by atoms with Gasteiger partial charge in [0.2, 0.25) is 0 Å². The van der Waals surface area contributed by atoms with E-state index in [0.29, 0.717) is 31.3 Å². The third kappa shape index (κ3) is 4.36. The number of carbonyl (C=O) groups is 1. The zero-order valence-corrected chi connectivity index (χ0v) is 14.8. The SMILES string of the molecule is O=C(c1nc(CCS(=O)(=O)c2ccc(Cl)cc2)no1)N1CCOCC1. The molecule has 0 unspecified atom stereocenters. The summed E-state index contributed by atoms with van der Waals surface area (Å²) >= 11 is 5.76. The number of aryl methyl sites for hydroxylation is 1. The van der Waals surface area contributed by atoms with Crippen LogP contribution in [0.25, 0.3) is 0 Å². The Morgan fingerprint density at radius 1 is 1.20 bits per heavy atom. The fourth-order valence-corrected chi connectivity index (χ4v) is 3.69. The van der Waals surface area contributed by atoms with Crippen molar-refractivity contribution >= 4 is 27.3 Å². The molecular formula is C15H16ClN3O5S. The van der Waals surface area contributed by atoms with Crippen LogP contribution >= 0.6 is 11.6 Å². The second-order valence-corrected chi connectivity index (χ2v) is 7.99. The van der Waals surface area contributed by atoms with E-state index in [1.807, 2.05) is 0 Å². The Morgan fingerprint density at radius 3 is 2.56 bits per heavy atom. The van der Waals surface area contributed by atoms with E-state index < -0.39 is 9.84 Å². The van der Waals surface area contributed by atoms with E-state index in [-0.39, 0.29) is 34.7 Å². The van der Waals surface area contributed by atoms with Gasteiger partial charge in [-0.3, -0.25) is 4.79 Å². The highest BCUT2D eigenvalue weighted by atomic mass is 35.5. The van der Waals surface area contributed by atoms with Gasteiger partial charge in [-0.2, -0.15) is 4.98 Å². The molecule has 0 atom stereocenters. The summed E-state index contributed by atoms with van der Waals surface area (Å²) in [6.45, 7) is 1.85. The van der Waals surface area contributed by atoms with Crippen LogP contribution < -0.4 is 0 Å². The number of amides is 1. The standard InChI is InChI=1S/C15H16ClN3O5S/c16-11-1-3-12(4-2-11)25(21,22)10-5-13-17-14(24-18-13)15(20)19-6-8-23-9-7-19/h1-4H,5-10H2. The second kappa shape index (κ2) is 7.51. The molecule has 2 heterocycles. The molecule has 134 valence electrons. The van der Waals surface area contributed by atoms with Crippen LogP contribution in [0.1, 0.15) is 16.5 Å². The van der Waals surface area contributed by atoms with Gasteiger partial charge in [-0.15, -0.1) is 0 Å². The zero-order chi connectivity index (χ0) is 17.9. The van der Waals surface area contributed by atoms with E-state index in [0.717, 1.165) is 0 Å². The molecule has 3 rings (SSSR count). The summed E-state index contributed by atoms with van der Waals surface area (Å²) in [6, 6.07) is 5.92. The molecule has 25 heavy (non-hydrogen) atoms. The topological polar surface area (TPSA) is 103 Å². The van der Waals surface area contributed by atoms with Gasteiger partial charge in [-0.05, 0) is 24.3 Å². The van der Waals surface area contributed by atoms with Gasteiger partial charge < -0.3 is 14.2 Å². The largest absolute Gasteiger partial charge is 0.378 e. The second-order valence-electron chi connectivity index (χ2n) is 5.44. The van der Waals surface area contributed by atoms with Crippen LogP contribution in [0.2, 0.25) is 5.02 Å². The average Bonchev–Trinajstić information content (AvgIpc) is 3.10. The lowest BCUT2D eigenvalue weighted by atomic mass is 10.4. The lowest BCUT2D eigenvalue weighted by Gasteiger charge is -2.25. The Morgan fingerprint density at radius 2 is 1.88 bits per heavy atom. The third-order valence-corrected chi connectivity index (χ3v) is 5.70. The van der Waals surface area contributed by atoms with E-state index in [9.17, 15) is 13.2 Å². The van der Waals surface area contributed by atoms with E-state index in [4.69, 9.17) is 20.9 Å². The van der Waals surface area contributed by atoms with Crippen molar-refractivity contribution in [2.45, 2.75) is 11.3 Å². The Hall–Kier alpha value is -1.97. The van der Waals surface area contributed by atoms with Crippen molar-refractivity contribution < 1.29 is 22.5 Å². The van der Waals surface area contributed by atoms with Crippen LogP contribution in [0.15, 0.2) is 33.7 Å². The predicted molar refractivity (Wildman–Crippen MR) is 88.2 cm³/mol. The van der Waals surface area contributed by atoms with Crippen molar-refractivity contribution in [3.8, 4) is 0 Å². The lowest BCUT2D eigenvalue weighted by Crippen LogP contribution is -2.40. The van der Waals surface area contributed by atoms with Crippen molar-refractivity contribution in [1.82, 2.24) is 15.0 Å². The molecule has 0 bridgehead atoms. The monoisotopic (exact) mass is 385 g/mol. The molecule has 0 radical (unpaired) electrons. The average molecular weight is 386 g/mol. The normalized spacial score (nSPS) is 15.3. The van der Waals surface area contributed by atoms with Gasteiger partial charge in [0.05, 0.1) is 23.9 Å². The van der Waals surface area contributed by atoms with Gasteiger partial charge in [0.1, 0.15) is 0 Å². The Labute approximate surface area is 149 Å². The van der Waals surface area contributed by atoms with Gasteiger partial charge >= 0.3 is 11.8 Å². The summed E-state index contributed by atoms with van der Waals surface area (Å²) in [5.74, 6) is -0.531. The molecule has 0 aliphatic carbocycles. The smallest absolute Gasteiger partial charge is 0.316 e. The molecule has 1 aliphatic heterocycles. The highest BCUT2D eigenvalue weighted by molar-refractivity contribution is 7.91. The number of hydrogen-bond donors (Lipinski definition) is 0. The zero-order valence-electron chi connectivity index (χ0n) is 13.2. The third-order valence-electron chi connectivity index (χ3n) is 3.72. The first-order valence-electron chi connectivity index (χ1n) is 7.64. The van der Waals surface area contributed by atoms with E-state index >= 15 is 0 Å². The minimum Gasteiger partial charge on any atom is -0.378 e. The summed E-state index contributed by atoms with van der Waals surface area (Å²) in [7, 11) is -3.50. The molecule has 8 nitrogen and oxygen atoms in total. The molecule has 1 saturated heterocycles. The van der Waals surface area contributed by atoms with Gasteiger partial charge in [-0.1, -0.05) is 16.8 Å². The lowest BCUT2D eigenvalue weighted by molar-refractivity contribution is 0.0272. The quantitative estimate of drug-likeness (QED) is 0.762. The summed E-state index contributed by atoms with van der Waals surface area (Å²) in [5, 5.41) is 4.15. The van der Waals surface area contributed by atoms with Crippen LogP contribution in [0, 0.1) is 0 Å². The minimum absolute atomic E-state index is 0.0465. The van der Waals surface area contributed by atoms with Crippen LogP contribution in [0.3, 0.4) is 0 Å². The van der Waals surface area contributed by atoms with Gasteiger partial charge in [0, 0.05) is 24.5 Å². The summed E-state index contributed by atoms with van der Waals surface area (Å²) in [4.78, 5) is 17.9. The van der Waals surface area contributed by atoms with Gasteiger partial charge in [0.15, 0.2) is 15.7 Å². The van der Waals surface area contributed by atoms with E-state index in [1.165, 1.54) is 24.3 Å². The van der Waals surface area contributed by atoms with Crippen molar-refractivity contribution in [1.29, 1.82) is 0 Å². The summed E-state index contributed by atoms with van der Waals surface area (Å²) in [6.07, 6.45) is 0.0465. The highest BCUT2D eigenvalue weighted by Gasteiger charge is 2.24. The molecule has 1 aromatic carbocycles. The van der Waals surface area contributed by atoms with E-state index in [1.54, 1.807) is 4.90 Å². The van der Waals surface area contributed by atoms with Crippen molar-refractivity contribution in [2.24, 2.45) is 0 Å².